The van der Waals surface area contributed by atoms with Crippen LogP contribution in [0.3, 0.4) is 0 Å². The SMILES string of the molecule is C#CCOc1cc(CN=C(NCC)NC2CCN(C(=O)C3CCCC3)C2)ccc1OC.I. The number of hydrogen-bond acceptors (Lipinski definition) is 4. The van der Waals surface area contributed by atoms with E-state index in [1.165, 1.54) is 12.8 Å². The molecule has 1 saturated heterocycles. The molecule has 7 nitrogen and oxygen atoms in total. The summed E-state index contributed by atoms with van der Waals surface area (Å²) in [4.78, 5) is 19.4. The summed E-state index contributed by atoms with van der Waals surface area (Å²) in [6, 6.07) is 5.95. The summed E-state index contributed by atoms with van der Waals surface area (Å²) in [6.07, 6.45) is 10.7. The fraction of sp³-hybridized carbons (Fsp3) is 0.583. The number of terminal acetylenes is 1. The Morgan fingerprint density at radius 1 is 1.28 bits per heavy atom. The molecular weight excluding hydrogens is 519 g/mol. The van der Waals surface area contributed by atoms with Gasteiger partial charge in [-0.1, -0.05) is 24.8 Å². The predicted molar refractivity (Wildman–Crippen MR) is 138 cm³/mol. The van der Waals surface area contributed by atoms with Crippen LogP contribution in [0.4, 0.5) is 0 Å². The molecule has 1 aromatic carbocycles. The largest absolute Gasteiger partial charge is 0.493 e. The number of halogens is 1. The Morgan fingerprint density at radius 2 is 2.06 bits per heavy atom. The summed E-state index contributed by atoms with van der Waals surface area (Å²) in [5, 5.41) is 6.80. The first-order valence-corrected chi connectivity index (χ1v) is 11.2. The Balaban J connectivity index is 0.00000363. The Morgan fingerprint density at radius 3 is 2.75 bits per heavy atom. The minimum atomic E-state index is 0. The van der Waals surface area contributed by atoms with Gasteiger partial charge in [-0.3, -0.25) is 4.79 Å². The summed E-state index contributed by atoms with van der Waals surface area (Å²) in [5.74, 6) is 5.06. The van der Waals surface area contributed by atoms with Crippen LogP contribution in [0.2, 0.25) is 0 Å². The first kappa shape index (κ1) is 26.1. The molecule has 1 aliphatic heterocycles. The van der Waals surface area contributed by atoms with Gasteiger partial charge in [0.25, 0.3) is 0 Å². The highest BCUT2D eigenvalue weighted by Gasteiger charge is 2.32. The molecule has 8 heteroatoms. The average Bonchev–Trinajstić information content (AvgIpc) is 3.48. The zero-order valence-electron chi connectivity index (χ0n) is 19.1. The van der Waals surface area contributed by atoms with Crippen LogP contribution in [0.15, 0.2) is 23.2 Å². The number of carbonyl (C=O) groups is 1. The van der Waals surface area contributed by atoms with Gasteiger partial charge in [0.15, 0.2) is 17.5 Å². The number of benzene rings is 1. The van der Waals surface area contributed by atoms with Gasteiger partial charge in [0.1, 0.15) is 6.61 Å². The van der Waals surface area contributed by atoms with E-state index in [1.54, 1.807) is 7.11 Å². The van der Waals surface area contributed by atoms with Gasteiger partial charge >= 0.3 is 0 Å². The highest BCUT2D eigenvalue weighted by molar-refractivity contribution is 14.0. The van der Waals surface area contributed by atoms with Gasteiger partial charge in [-0.2, -0.15) is 0 Å². The molecule has 1 amide bonds. The van der Waals surface area contributed by atoms with E-state index in [2.05, 4.69) is 16.6 Å². The Labute approximate surface area is 208 Å². The van der Waals surface area contributed by atoms with Crippen LogP contribution in [-0.2, 0) is 11.3 Å². The fourth-order valence-corrected chi connectivity index (χ4v) is 4.24. The first-order valence-electron chi connectivity index (χ1n) is 11.2. The van der Waals surface area contributed by atoms with Crippen molar-refractivity contribution < 1.29 is 14.3 Å². The van der Waals surface area contributed by atoms with E-state index in [4.69, 9.17) is 20.9 Å². The molecule has 0 radical (unpaired) electrons. The molecule has 1 saturated carbocycles. The second-order valence-corrected chi connectivity index (χ2v) is 8.07. The van der Waals surface area contributed by atoms with Crippen LogP contribution in [0.25, 0.3) is 0 Å². The number of nitrogens with one attached hydrogen (secondary N) is 2. The molecule has 2 aliphatic rings. The molecule has 176 valence electrons. The van der Waals surface area contributed by atoms with Crippen molar-refractivity contribution in [1.82, 2.24) is 15.5 Å². The third-order valence-electron chi connectivity index (χ3n) is 5.85. The van der Waals surface area contributed by atoms with Crippen LogP contribution in [0.5, 0.6) is 11.5 Å². The summed E-state index contributed by atoms with van der Waals surface area (Å²) in [7, 11) is 1.60. The van der Waals surface area contributed by atoms with Crippen LogP contribution in [0, 0.1) is 18.3 Å². The molecular formula is C24H35IN4O3. The van der Waals surface area contributed by atoms with Crippen molar-refractivity contribution in [3.05, 3.63) is 23.8 Å². The molecule has 1 aliphatic carbocycles. The monoisotopic (exact) mass is 554 g/mol. The van der Waals surface area contributed by atoms with Crippen LogP contribution in [-0.4, -0.2) is 56.2 Å². The van der Waals surface area contributed by atoms with Crippen molar-refractivity contribution in [2.45, 2.75) is 51.6 Å². The summed E-state index contributed by atoms with van der Waals surface area (Å²) < 4.78 is 10.9. The van der Waals surface area contributed by atoms with Gasteiger partial charge in [-0.25, -0.2) is 4.99 Å². The number of nitrogens with zero attached hydrogens (tertiary/aromatic N) is 2. The maximum Gasteiger partial charge on any atom is 0.225 e. The van der Waals surface area contributed by atoms with E-state index < -0.39 is 0 Å². The summed E-state index contributed by atoms with van der Waals surface area (Å²) in [6.45, 7) is 5.05. The maximum atomic E-state index is 12.7. The number of likely N-dealkylation sites (tertiary alicyclic amines) is 1. The maximum absolute atomic E-state index is 12.7. The average molecular weight is 554 g/mol. The van der Waals surface area contributed by atoms with Crippen LogP contribution in [0.1, 0.15) is 44.6 Å². The number of methoxy groups -OCH3 is 1. The quantitative estimate of drug-likeness (QED) is 0.224. The van der Waals surface area contributed by atoms with Crippen LogP contribution >= 0.6 is 24.0 Å². The van der Waals surface area contributed by atoms with E-state index >= 15 is 0 Å². The molecule has 1 atom stereocenters. The third-order valence-corrected chi connectivity index (χ3v) is 5.85. The molecule has 1 unspecified atom stereocenters. The Hall–Kier alpha value is -2.15. The lowest BCUT2D eigenvalue weighted by atomic mass is 10.1. The first-order chi connectivity index (χ1) is 15.1. The Bertz CT molecular complexity index is 818. The summed E-state index contributed by atoms with van der Waals surface area (Å²) in [5.41, 5.74) is 0.995. The molecule has 3 rings (SSSR count). The molecule has 2 N–H and O–H groups in total. The second kappa shape index (κ2) is 13.4. The Kier molecular flexibility index (Phi) is 10.9. The predicted octanol–water partition coefficient (Wildman–Crippen LogP) is 3.17. The number of carbonyl (C=O) groups excluding carboxylic acids is 1. The zero-order valence-corrected chi connectivity index (χ0v) is 21.4. The standard InChI is InChI=1S/C24H34N4O3.HI/c1-4-14-31-22-15-18(10-11-21(22)30-3)16-26-24(25-5-2)27-20-12-13-28(17-20)23(29)19-8-6-7-9-19;/h1,10-11,15,19-20H,5-9,12-14,16-17H2,2-3H3,(H2,25,26,27);1H. The minimum absolute atomic E-state index is 0. The lowest BCUT2D eigenvalue weighted by molar-refractivity contribution is -0.134. The molecule has 0 bridgehead atoms. The molecule has 32 heavy (non-hydrogen) atoms. The lowest BCUT2D eigenvalue weighted by Gasteiger charge is -2.21. The minimum Gasteiger partial charge on any atom is -0.493 e. The van der Waals surface area contributed by atoms with Crippen LogP contribution < -0.4 is 20.1 Å². The molecule has 1 aromatic rings. The van der Waals surface area contributed by atoms with Crippen molar-refractivity contribution in [3.63, 3.8) is 0 Å². The summed E-state index contributed by atoms with van der Waals surface area (Å²) >= 11 is 0. The fourth-order valence-electron chi connectivity index (χ4n) is 4.24. The number of guanidine groups is 1. The second-order valence-electron chi connectivity index (χ2n) is 8.07. The van der Waals surface area contributed by atoms with E-state index in [0.29, 0.717) is 24.0 Å². The van der Waals surface area contributed by atoms with Gasteiger partial charge in [0.05, 0.1) is 13.7 Å². The van der Waals surface area contributed by atoms with Gasteiger partial charge in [0, 0.05) is 31.6 Å². The lowest BCUT2D eigenvalue weighted by Crippen LogP contribution is -2.45. The zero-order chi connectivity index (χ0) is 22.1. The highest BCUT2D eigenvalue weighted by atomic mass is 127. The molecule has 2 fully saturated rings. The van der Waals surface area contributed by atoms with Crippen molar-refractivity contribution in [2.24, 2.45) is 10.9 Å². The number of hydrogen-bond donors (Lipinski definition) is 2. The normalized spacial score (nSPS) is 18.6. The van der Waals surface area contributed by atoms with Gasteiger partial charge in [-0.05, 0) is 43.9 Å². The molecule has 1 heterocycles. The smallest absolute Gasteiger partial charge is 0.225 e. The topological polar surface area (TPSA) is 75.2 Å². The number of ether oxygens (including phenoxy) is 2. The number of amides is 1. The van der Waals surface area contributed by atoms with Crippen molar-refractivity contribution in [3.8, 4) is 23.8 Å². The van der Waals surface area contributed by atoms with Crippen molar-refractivity contribution in [1.29, 1.82) is 0 Å². The van der Waals surface area contributed by atoms with Gasteiger partial charge in [-0.15, -0.1) is 30.4 Å². The van der Waals surface area contributed by atoms with Gasteiger partial charge in [0.2, 0.25) is 5.91 Å². The van der Waals surface area contributed by atoms with E-state index in [0.717, 1.165) is 50.4 Å². The molecule has 0 spiro atoms. The molecule has 0 aromatic heterocycles. The number of aliphatic imine (C=N–C) groups is 1. The van der Waals surface area contributed by atoms with E-state index in [1.807, 2.05) is 30.0 Å². The van der Waals surface area contributed by atoms with Gasteiger partial charge < -0.3 is 25.0 Å². The van der Waals surface area contributed by atoms with Crippen molar-refractivity contribution >= 4 is 35.8 Å². The highest BCUT2D eigenvalue weighted by Crippen LogP contribution is 2.29. The van der Waals surface area contributed by atoms with E-state index in [-0.39, 0.29) is 42.5 Å². The third kappa shape index (κ3) is 7.19. The van der Waals surface area contributed by atoms with E-state index in [9.17, 15) is 4.79 Å². The van der Waals surface area contributed by atoms with Crippen molar-refractivity contribution in [2.75, 3.05) is 33.4 Å². The number of rotatable bonds is 8.